The molecular formula is C61H98N22O15S2. The Balaban J connectivity index is 1.95. The molecule has 37 nitrogen and oxygen atoms in total. The number of primary amides is 1. The molecule has 3 rings (SSSR count). The first kappa shape index (κ1) is 84.8. The fourth-order valence-corrected chi connectivity index (χ4v) is 11.8. The SMILES string of the molecule is C[C@@H](O)[C@H](NC(=O)[C@H](Cc1ccccc1)NC(=O)CNC(=O)CNC(=O)[C@@H](N)Cc1ccccc1)C(=O)NCC(=O)N[C@H]1CSSC[C@@H](C(=O)N[C@@H](CCCN=C(N)N)C(=O)N[C@@H](CCCCN)C(N)=O)NC(=O)[C@H](CO)NC(=O)[C@H](CCCCN)NC(=O)[C@H](CCCN=C(N)N)NC1=O. The smallest absolute Gasteiger partial charge is 0.245 e. The number of nitrogens with zero attached hydrogens (tertiary/aromatic N) is 2. The molecule has 1 aliphatic rings. The molecule has 1 aliphatic heterocycles. The third kappa shape index (κ3) is 33.4. The predicted molar refractivity (Wildman–Crippen MR) is 373 cm³/mol. The minimum absolute atomic E-state index is 0.00307. The van der Waals surface area contributed by atoms with Crippen molar-refractivity contribution in [1.29, 1.82) is 0 Å². The van der Waals surface area contributed by atoms with Crippen LogP contribution in [0.25, 0.3) is 0 Å². The molecule has 0 bridgehead atoms. The second kappa shape index (κ2) is 46.8. The number of carbonyl (C=O) groups is 13. The van der Waals surface area contributed by atoms with E-state index >= 15 is 0 Å². The number of hydrogen-bond donors (Lipinski definition) is 22. The van der Waals surface area contributed by atoms with Crippen LogP contribution in [0.4, 0.5) is 0 Å². The molecule has 2 aromatic rings. The summed E-state index contributed by atoms with van der Waals surface area (Å²) in [7, 11) is 1.71. The van der Waals surface area contributed by atoms with Crippen molar-refractivity contribution in [3.63, 3.8) is 0 Å². The van der Waals surface area contributed by atoms with Crippen molar-refractivity contribution in [2.75, 3.05) is 63.9 Å². The summed E-state index contributed by atoms with van der Waals surface area (Å²) in [5.41, 5.74) is 46.4. The zero-order valence-electron chi connectivity index (χ0n) is 55.7. The Morgan fingerprint density at radius 3 is 1.64 bits per heavy atom. The molecule has 0 aliphatic carbocycles. The van der Waals surface area contributed by atoms with Crippen molar-refractivity contribution in [3.8, 4) is 0 Å². The van der Waals surface area contributed by atoms with Crippen LogP contribution in [0, 0.1) is 0 Å². The van der Waals surface area contributed by atoms with Gasteiger partial charge in [-0.25, -0.2) is 0 Å². The van der Waals surface area contributed by atoms with Crippen LogP contribution in [0.2, 0.25) is 0 Å². The summed E-state index contributed by atoms with van der Waals surface area (Å²) in [5, 5.41) is 51.0. The molecule has 0 saturated carbocycles. The molecule has 13 amide bonds. The molecule has 100 heavy (non-hydrogen) atoms. The van der Waals surface area contributed by atoms with Crippen molar-refractivity contribution >= 4 is 110 Å². The fraction of sp³-hybridized carbons (Fsp3) is 0.557. The number of aliphatic hydroxyl groups is 2. The van der Waals surface area contributed by atoms with Crippen molar-refractivity contribution < 1.29 is 72.5 Å². The second-order valence-corrected chi connectivity index (χ2v) is 25.7. The highest BCUT2D eigenvalue weighted by atomic mass is 33.1. The number of guanidine groups is 2. The normalized spacial score (nSPS) is 18.6. The quantitative estimate of drug-likeness (QED) is 0.0128. The lowest BCUT2D eigenvalue weighted by atomic mass is 10.0. The lowest BCUT2D eigenvalue weighted by Crippen LogP contribution is -2.61. The third-order valence-electron chi connectivity index (χ3n) is 14.9. The van der Waals surface area contributed by atoms with Crippen LogP contribution in [-0.2, 0) is 75.2 Å². The summed E-state index contributed by atoms with van der Waals surface area (Å²) >= 11 is 0. The van der Waals surface area contributed by atoms with Gasteiger partial charge in [-0.2, -0.15) is 0 Å². The number of benzene rings is 2. The monoisotopic (exact) mass is 1440 g/mol. The highest BCUT2D eigenvalue weighted by Crippen LogP contribution is 2.24. The molecule has 39 heteroatoms. The second-order valence-electron chi connectivity index (χ2n) is 23.2. The van der Waals surface area contributed by atoms with E-state index in [0.717, 1.165) is 34.1 Å². The van der Waals surface area contributed by atoms with Crippen LogP contribution in [0.3, 0.4) is 0 Å². The van der Waals surface area contributed by atoms with E-state index in [1.165, 1.54) is 0 Å². The van der Waals surface area contributed by atoms with Gasteiger partial charge in [0.2, 0.25) is 76.8 Å². The van der Waals surface area contributed by atoms with E-state index in [4.69, 9.17) is 45.9 Å². The molecule has 554 valence electrons. The number of aliphatic hydroxyl groups excluding tert-OH is 2. The van der Waals surface area contributed by atoms with Gasteiger partial charge < -0.3 is 120 Å². The van der Waals surface area contributed by atoms with Crippen LogP contribution in [0.1, 0.15) is 82.3 Å². The van der Waals surface area contributed by atoms with Crippen molar-refractivity contribution in [1.82, 2.24) is 63.8 Å². The largest absolute Gasteiger partial charge is 0.394 e. The first-order valence-electron chi connectivity index (χ1n) is 32.4. The maximum Gasteiger partial charge on any atom is 0.245 e. The Hall–Kier alpha value is -9.41. The molecule has 2 aromatic carbocycles. The lowest BCUT2D eigenvalue weighted by molar-refractivity contribution is -0.136. The van der Waals surface area contributed by atoms with Crippen LogP contribution in [0.5, 0.6) is 0 Å². The van der Waals surface area contributed by atoms with Gasteiger partial charge in [-0.3, -0.25) is 72.3 Å². The maximum atomic E-state index is 14.5. The van der Waals surface area contributed by atoms with E-state index in [1.54, 1.807) is 60.7 Å². The minimum atomic E-state index is -1.79. The Labute approximate surface area is 586 Å². The first-order valence-corrected chi connectivity index (χ1v) is 34.9. The van der Waals surface area contributed by atoms with E-state index < -0.39 is 170 Å². The molecule has 1 saturated heterocycles. The van der Waals surface area contributed by atoms with E-state index in [9.17, 15) is 72.5 Å². The Kier molecular flexibility index (Phi) is 39.7. The summed E-state index contributed by atoms with van der Waals surface area (Å²) in [6, 6.07) is 2.57. The predicted octanol–water partition coefficient (Wildman–Crippen LogP) is -8.87. The van der Waals surface area contributed by atoms with Gasteiger partial charge >= 0.3 is 0 Å². The minimum Gasteiger partial charge on any atom is -0.394 e. The summed E-state index contributed by atoms with van der Waals surface area (Å²) in [4.78, 5) is 186. The van der Waals surface area contributed by atoms with E-state index in [1.807, 2.05) is 0 Å². The van der Waals surface area contributed by atoms with Gasteiger partial charge in [0, 0.05) is 31.0 Å². The summed E-state index contributed by atoms with van der Waals surface area (Å²) in [5.74, 6) is -13.4. The average molecular weight is 1440 g/mol. The zero-order valence-corrected chi connectivity index (χ0v) is 57.3. The van der Waals surface area contributed by atoms with E-state index in [-0.39, 0.29) is 101 Å². The number of aliphatic imine (C=N–C) groups is 2. The van der Waals surface area contributed by atoms with Gasteiger partial charge in [-0.1, -0.05) is 82.3 Å². The van der Waals surface area contributed by atoms with Gasteiger partial charge in [-0.15, -0.1) is 0 Å². The molecule has 11 atom stereocenters. The number of carbonyl (C=O) groups excluding carboxylic acids is 13. The Morgan fingerprint density at radius 1 is 0.540 bits per heavy atom. The topological polar surface area (TPSA) is 640 Å². The molecule has 0 aromatic heterocycles. The number of amides is 13. The molecule has 0 spiro atoms. The van der Waals surface area contributed by atoms with Crippen LogP contribution < -0.4 is 110 Å². The van der Waals surface area contributed by atoms with Crippen molar-refractivity contribution in [3.05, 3.63) is 71.8 Å². The molecule has 0 radical (unpaired) electrons. The molecule has 0 unspecified atom stereocenters. The molecule has 1 heterocycles. The van der Waals surface area contributed by atoms with Crippen molar-refractivity contribution in [2.45, 2.75) is 150 Å². The van der Waals surface area contributed by atoms with Gasteiger partial charge in [-0.05, 0) is 102 Å². The van der Waals surface area contributed by atoms with Crippen LogP contribution >= 0.6 is 21.6 Å². The Bertz CT molecular complexity index is 3080. The average Bonchev–Trinajstić information content (AvgIpc) is 0.979. The summed E-state index contributed by atoms with van der Waals surface area (Å²) < 4.78 is 0. The van der Waals surface area contributed by atoms with Gasteiger partial charge in [0.15, 0.2) is 11.9 Å². The zero-order chi connectivity index (χ0) is 74.1. The highest BCUT2D eigenvalue weighted by Gasteiger charge is 2.36. The van der Waals surface area contributed by atoms with Gasteiger partial charge in [0.25, 0.3) is 0 Å². The maximum absolute atomic E-state index is 14.5. The fourth-order valence-electron chi connectivity index (χ4n) is 9.50. The third-order valence-corrected chi connectivity index (χ3v) is 17.3. The Morgan fingerprint density at radius 2 is 1.05 bits per heavy atom. The molecule has 30 N–H and O–H groups in total. The number of unbranched alkanes of at least 4 members (excludes halogenated alkanes) is 2. The summed E-state index contributed by atoms with van der Waals surface area (Å²) in [6.07, 6.45) is -0.194. The standard InChI is InChI=1S/C61H98N22O15S2/c1-34(85)49(83-55(94)42(27-36-16-6-3-7-17-36)75-47(87)29-72-46(86)28-73-51(90)37(64)26-35-14-4-2-5-15-35)59(98)74-30-48(88)76-44-32-99-100-33-45(58(97)80-40(20-12-24-70-60(66)67)52(91)77-38(50(65)89)18-8-10-22-62)82-56(95)43(31-84)81-54(93)39(19-9-11-23-63)78-53(92)41(79-57(44)96)21-13-25-71-61(68)69/h2-7,14-17,34,37-45,49,84-85H,8-13,18-33,62-64H2,1H3,(H2,65,89)(H,72,86)(H,73,90)(H,74,98)(H,75,87)(H,76,88)(H,77,91)(H,78,92)(H,79,96)(H,80,97)(H,81,93)(H,82,95)(H,83,94)(H4,66,67,70)(H4,68,69,71)/t34-,37+,38+,39+,40+,41+,42+,43+,44+,45+,49+/m1/s1. The van der Waals surface area contributed by atoms with E-state index in [2.05, 4.69) is 73.8 Å². The lowest BCUT2D eigenvalue weighted by Gasteiger charge is -2.27. The first-order chi connectivity index (χ1) is 47.7. The van der Waals surface area contributed by atoms with Gasteiger partial charge in [0.1, 0.15) is 54.4 Å². The summed E-state index contributed by atoms with van der Waals surface area (Å²) in [6.45, 7) is -1.55. The van der Waals surface area contributed by atoms with E-state index in [0.29, 0.717) is 31.4 Å². The number of hydrogen-bond acceptors (Lipinski definition) is 22. The van der Waals surface area contributed by atoms with Gasteiger partial charge in [0.05, 0.1) is 38.4 Å². The molecule has 1 fully saturated rings. The highest BCUT2D eigenvalue weighted by molar-refractivity contribution is 8.76. The number of nitrogens with one attached hydrogen (secondary N) is 12. The molecular weight excluding hydrogens is 1340 g/mol. The van der Waals surface area contributed by atoms with Crippen LogP contribution in [-0.4, -0.2) is 229 Å². The number of rotatable bonds is 39. The number of nitrogens with two attached hydrogens (primary N) is 8. The van der Waals surface area contributed by atoms with Crippen molar-refractivity contribution in [2.24, 2.45) is 55.9 Å². The van der Waals surface area contributed by atoms with Crippen LogP contribution in [0.15, 0.2) is 70.6 Å².